The molecule has 0 radical (unpaired) electrons. The van der Waals surface area contributed by atoms with Gasteiger partial charge in [0.15, 0.2) is 11.5 Å². The van der Waals surface area contributed by atoms with Crippen LogP contribution in [0, 0.1) is 5.82 Å². The first kappa shape index (κ1) is 30.4. The molecule has 2 heterocycles. The minimum Gasteiger partial charge on any atom is -0.454 e. The monoisotopic (exact) mass is 615 g/mol. The Bertz CT molecular complexity index is 1750. The highest BCUT2D eigenvalue weighted by Gasteiger charge is 2.32. The summed E-state index contributed by atoms with van der Waals surface area (Å²) in [4.78, 5) is 7.19. The number of fused-ring (bicyclic) bond motifs is 1. The molecule has 1 aliphatic rings. The topological polar surface area (TPSA) is 39.5 Å². The molecule has 5 nitrogen and oxygen atoms in total. The third-order valence-corrected chi connectivity index (χ3v) is 7.79. The van der Waals surface area contributed by atoms with Gasteiger partial charge in [-0.1, -0.05) is 80.1 Å². The van der Waals surface area contributed by atoms with E-state index in [4.69, 9.17) is 14.5 Å². The lowest BCUT2D eigenvalue weighted by molar-refractivity contribution is -0.137. The van der Waals surface area contributed by atoms with Crippen LogP contribution in [0.1, 0.15) is 42.1 Å². The van der Waals surface area contributed by atoms with E-state index in [-0.39, 0.29) is 18.9 Å². The fourth-order valence-corrected chi connectivity index (χ4v) is 5.68. The van der Waals surface area contributed by atoms with E-state index in [1.807, 2.05) is 83.8 Å². The van der Waals surface area contributed by atoms with E-state index in [1.54, 1.807) is 0 Å². The van der Waals surface area contributed by atoms with Crippen LogP contribution in [0.5, 0.6) is 11.5 Å². The number of halogens is 4. The van der Waals surface area contributed by atoms with Crippen molar-refractivity contribution in [2.24, 2.45) is 0 Å². The van der Waals surface area contributed by atoms with E-state index in [0.29, 0.717) is 37.2 Å². The second-order valence-electron chi connectivity index (χ2n) is 11.1. The maximum atomic E-state index is 14.5. The summed E-state index contributed by atoms with van der Waals surface area (Å²) >= 11 is 0. The Balaban J connectivity index is 1.46. The first-order valence-electron chi connectivity index (χ1n) is 15.0. The summed E-state index contributed by atoms with van der Waals surface area (Å²) in [5, 5.41) is 0. The molecular formula is C36H33F4N3O2. The Morgan fingerprint density at radius 1 is 0.778 bits per heavy atom. The first-order chi connectivity index (χ1) is 21.8. The Labute approximate surface area is 259 Å². The van der Waals surface area contributed by atoms with Crippen LogP contribution in [-0.4, -0.2) is 21.2 Å². The molecule has 1 aliphatic heterocycles. The van der Waals surface area contributed by atoms with Gasteiger partial charge in [-0.3, -0.25) is 4.90 Å². The van der Waals surface area contributed by atoms with E-state index < -0.39 is 17.6 Å². The number of aromatic nitrogens is 2. The third-order valence-electron chi connectivity index (χ3n) is 7.79. The van der Waals surface area contributed by atoms with Crippen molar-refractivity contribution in [2.45, 2.75) is 52.1 Å². The Morgan fingerprint density at radius 2 is 1.47 bits per heavy atom. The largest absolute Gasteiger partial charge is 0.454 e. The van der Waals surface area contributed by atoms with Gasteiger partial charge in [0.05, 0.1) is 17.0 Å². The molecule has 0 saturated heterocycles. The van der Waals surface area contributed by atoms with E-state index >= 15 is 0 Å². The number of alkyl halides is 3. The summed E-state index contributed by atoms with van der Waals surface area (Å²) < 4.78 is 68.8. The van der Waals surface area contributed by atoms with Gasteiger partial charge in [-0.2, -0.15) is 13.2 Å². The van der Waals surface area contributed by atoms with Gasteiger partial charge in [0.2, 0.25) is 6.79 Å². The number of unbranched alkanes of at least 4 members (excludes halogenated alkanes) is 1. The van der Waals surface area contributed by atoms with Crippen molar-refractivity contribution in [3.05, 3.63) is 125 Å². The van der Waals surface area contributed by atoms with Crippen LogP contribution >= 0.6 is 0 Å². The van der Waals surface area contributed by atoms with Gasteiger partial charge >= 0.3 is 6.18 Å². The Hall–Kier alpha value is -4.63. The summed E-state index contributed by atoms with van der Waals surface area (Å²) in [7, 11) is 0. The first-order valence-corrected chi connectivity index (χ1v) is 15.0. The van der Waals surface area contributed by atoms with Gasteiger partial charge in [-0.25, -0.2) is 9.37 Å². The minimum absolute atomic E-state index is 0.0726. The van der Waals surface area contributed by atoms with Gasteiger partial charge in [0.25, 0.3) is 0 Å². The van der Waals surface area contributed by atoms with Gasteiger partial charge < -0.3 is 14.0 Å². The highest BCUT2D eigenvalue weighted by Crippen LogP contribution is 2.35. The predicted octanol–water partition coefficient (Wildman–Crippen LogP) is 9.11. The van der Waals surface area contributed by atoms with Gasteiger partial charge in [0.1, 0.15) is 11.6 Å². The standard InChI is InChI=1S/C36H33F4N3O2/c1-2-3-16-43-31(34(27-10-6-4-7-11-27)41-35(43)28-12-8-5-9-13-28)23-42(21-25-14-15-32-33(19-25)45-24-44-32)22-26-17-29(36(38,39)40)20-30(37)18-26/h4-15,17-20H,2-3,16,21-24H2,1H3. The quantitative estimate of drug-likeness (QED) is 0.139. The van der Waals surface area contributed by atoms with Crippen molar-refractivity contribution in [1.29, 1.82) is 0 Å². The number of rotatable bonds is 11. The molecular weight excluding hydrogens is 582 g/mol. The maximum Gasteiger partial charge on any atom is 0.416 e. The lowest BCUT2D eigenvalue weighted by Crippen LogP contribution is -2.25. The third kappa shape index (κ3) is 7.04. The summed E-state index contributed by atoms with van der Waals surface area (Å²) in [6, 6.07) is 28.2. The molecule has 9 heteroatoms. The van der Waals surface area contributed by atoms with Crippen molar-refractivity contribution in [2.75, 3.05) is 6.79 Å². The summed E-state index contributed by atoms with van der Waals surface area (Å²) in [6.07, 6.45) is -2.78. The van der Waals surface area contributed by atoms with Crippen molar-refractivity contribution < 1.29 is 27.0 Å². The summed E-state index contributed by atoms with van der Waals surface area (Å²) in [5.74, 6) is 1.15. The number of ether oxygens (including phenoxy) is 2. The lowest BCUT2D eigenvalue weighted by atomic mass is 10.1. The second kappa shape index (κ2) is 13.2. The maximum absolute atomic E-state index is 14.5. The predicted molar refractivity (Wildman–Crippen MR) is 165 cm³/mol. The zero-order valence-electron chi connectivity index (χ0n) is 24.9. The van der Waals surface area contributed by atoms with Gasteiger partial charge in [-0.05, 0) is 47.9 Å². The SMILES string of the molecule is CCCCn1c(-c2ccccc2)nc(-c2ccccc2)c1CN(Cc1cc(F)cc(C(F)(F)F)c1)Cc1ccc2c(c1)OCO2. The fourth-order valence-electron chi connectivity index (χ4n) is 5.68. The molecule has 0 N–H and O–H groups in total. The molecule has 232 valence electrons. The molecule has 0 atom stereocenters. The molecule has 1 aromatic heterocycles. The van der Waals surface area contributed by atoms with Crippen molar-refractivity contribution in [3.63, 3.8) is 0 Å². The smallest absolute Gasteiger partial charge is 0.416 e. The van der Waals surface area contributed by atoms with Gasteiger partial charge in [0, 0.05) is 37.3 Å². The molecule has 0 bridgehead atoms. The Kier molecular flexibility index (Phi) is 8.89. The molecule has 0 aliphatic carbocycles. The number of benzene rings is 4. The highest BCUT2D eigenvalue weighted by molar-refractivity contribution is 5.68. The van der Waals surface area contributed by atoms with E-state index in [9.17, 15) is 17.6 Å². The van der Waals surface area contributed by atoms with E-state index in [2.05, 4.69) is 11.5 Å². The summed E-state index contributed by atoms with van der Waals surface area (Å²) in [5.41, 5.74) is 3.75. The molecule has 0 amide bonds. The molecule has 45 heavy (non-hydrogen) atoms. The van der Waals surface area contributed by atoms with Gasteiger partial charge in [-0.15, -0.1) is 0 Å². The van der Waals surface area contributed by atoms with Crippen LogP contribution in [0.15, 0.2) is 97.1 Å². The van der Waals surface area contributed by atoms with Crippen LogP contribution in [0.25, 0.3) is 22.6 Å². The van der Waals surface area contributed by atoms with Crippen LogP contribution in [0.4, 0.5) is 17.6 Å². The van der Waals surface area contributed by atoms with Crippen molar-refractivity contribution >= 4 is 0 Å². The van der Waals surface area contributed by atoms with Crippen LogP contribution in [-0.2, 0) is 32.4 Å². The molecule has 0 fully saturated rings. The number of imidazole rings is 1. The molecule has 6 rings (SSSR count). The summed E-state index contributed by atoms with van der Waals surface area (Å²) in [6.45, 7) is 3.76. The van der Waals surface area contributed by atoms with Crippen LogP contribution < -0.4 is 9.47 Å². The van der Waals surface area contributed by atoms with Crippen LogP contribution in [0.2, 0.25) is 0 Å². The number of hydrogen-bond acceptors (Lipinski definition) is 4. The average Bonchev–Trinajstić information content (AvgIpc) is 3.64. The average molecular weight is 616 g/mol. The van der Waals surface area contributed by atoms with E-state index in [0.717, 1.165) is 52.8 Å². The zero-order chi connectivity index (χ0) is 31.4. The number of nitrogens with zero attached hydrogens (tertiary/aromatic N) is 3. The minimum atomic E-state index is -4.66. The number of hydrogen-bond donors (Lipinski definition) is 0. The van der Waals surface area contributed by atoms with Crippen molar-refractivity contribution in [3.8, 4) is 34.1 Å². The molecule has 0 spiro atoms. The fraction of sp³-hybridized carbons (Fsp3) is 0.250. The molecule has 0 saturated carbocycles. The normalized spacial score (nSPS) is 12.7. The highest BCUT2D eigenvalue weighted by atomic mass is 19.4. The zero-order valence-corrected chi connectivity index (χ0v) is 24.9. The van der Waals surface area contributed by atoms with E-state index in [1.165, 1.54) is 6.07 Å². The molecule has 4 aromatic carbocycles. The van der Waals surface area contributed by atoms with Crippen molar-refractivity contribution in [1.82, 2.24) is 14.5 Å². The molecule has 5 aromatic rings. The lowest BCUT2D eigenvalue weighted by Gasteiger charge is -2.25. The second-order valence-corrected chi connectivity index (χ2v) is 11.1. The Morgan fingerprint density at radius 3 is 2.18 bits per heavy atom. The molecule has 0 unspecified atom stereocenters. The van der Waals surface area contributed by atoms with Crippen LogP contribution in [0.3, 0.4) is 0 Å².